The third kappa shape index (κ3) is 4.80. The van der Waals surface area contributed by atoms with Crippen molar-refractivity contribution in [2.45, 2.75) is 25.0 Å². The number of aliphatic hydroxyl groups excluding tert-OH is 1. The number of halogens is 2. The van der Waals surface area contributed by atoms with Crippen LogP contribution < -0.4 is 4.90 Å². The fourth-order valence-electron chi connectivity index (χ4n) is 5.12. The SMILES string of the molecule is O=Cc1cccc(-c2ccccc2)c1[C@@H]1[C@@H](CC[C@H](O)c2ccc(F)cc2)C(=O)N1c1ccc(F)cc1. The van der Waals surface area contributed by atoms with Crippen molar-refractivity contribution in [2.75, 3.05) is 4.90 Å². The number of β-lactam (4-membered cyclic amide) rings is 1. The summed E-state index contributed by atoms with van der Waals surface area (Å²) in [6, 6.07) is 25.9. The van der Waals surface area contributed by atoms with E-state index in [1.165, 1.54) is 36.4 Å². The molecule has 6 heteroatoms. The van der Waals surface area contributed by atoms with Crippen LogP contribution in [0.3, 0.4) is 0 Å². The molecule has 1 aliphatic rings. The van der Waals surface area contributed by atoms with Gasteiger partial charge in [0.15, 0.2) is 0 Å². The van der Waals surface area contributed by atoms with Gasteiger partial charge in [0.25, 0.3) is 0 Å². The molecule has 1 N–H and O–H groups in total. The van der Waals surface area contributed by atoms with Crippen molar-refractivity contribution in [3.8, 4) is 11.1 Å². The Morgan fingerprint density at radius 2 is 1.49 bits per heavy atom. The number of carbonyl (C=O) groups excluding carboxylic acids is 2. The van der Waals surface area contributed by atoms with Gasteiger partial charge in [-0.25, -0.2) is 8.78 Å². The number of rotatable bonds is 8. The zero-order valence-electron chi connectivity index (χ0n) is 19.9. The highest BCUT2D eigenvalue weighted by atomic mass is 19.1. The molecule has 4 nitrogen and oxygen atoms in total. The molecule has 0 unspecified atom stereocenters. The summed E-state index contributed by atoms with van der Waals surface area (Å²) in [5.41, 5.74) is 4.03. The molecule has 0 bridgehead atoms. The van der Waals surface area contributed by atoms with E-state index in [9.17, 15) is 23.5 Å². The van der Waals surface area contributed by atoms with Crippen molar-refractivity contribution in [3.63, 3.8) is 0 Å². The van der Waals surface area contributed by atoms with E-state index < -0.39 is 23.9 Å². The van der Waals surface area contributed by atoms with Crippen LogP contribution in [0.15, 0.2) is 97.1 Å². The Labute approximate surface area is 213 Å². The Balaban J connectivity index is 1.54. The van der Waals surface area contributed by atoms with Crippen molar-refractivity contribution in [1.82, 2.24) is 0 Å². The topological polar surface area (TPSA) is 57.6 Å². The first kappa shape index (κ1) is 24.5. The normalized spacial score (nSPS) is 17.8. The lowest BCUT2D eigenvalue weighted by Gasteiger charge is -2.49. The van der Waals surface area contributed by atoms with Crippen LogP contribution in [-0.4, -0.2) is 17.3 Å². The molecule has 5 rings (SSSR count). The van der Waals surface area contributed by atoms with Crippen LogP contribution in [0.1, 0.15) is 46.5 Å². The predicted octanol–water partition coefficient (Wildman–Crippen LogP) is 6.66. The summed E-state index contributed by atoms with van der Waals surface area (Å²) in [5, 5.41) is 10.7. The number of anilines is 1. The van der Waals surface area contributed by atoms with Crippen LogP contribution in [-0.2, 0) is 4.79 Å². The third-order valence-corrected chi connectivity index (χ3v) is 6.97. The first-order valence-electron chi connectivity index (χ1n) is 12.1. The van der Waals surface area contributed by atoms with Crippen LogP contribution in [0.25, 0.3) is 11.1 Å². The van der Waals surface area contributed by atoms with Gasteiger partial charge in [0.1, 0.15) is 17.9 Å². The number of nitrogens with zero attached hydrogens (tertiary/aromatic N) is 1. The van der Waals surface area contributed by atoms with Gasteiger partial charge in [-0.2, -0.15) is 0 Å². The quantitative estimate of drug-likeness (QED) is 0.219. The molecule has 1 heterocycles. The molecule has 0 radical (unpaired) electrons. The first-order valence-corrected chi connectivity index (χ1v) is 12.1. The summed E-state index contributed by atoms with van der Waals surface area (Å²) in [6.07, 6.45) is 0.544. The van der Waals surface area contributed by atoms with Crippen LogP contribution in [0.4, 0.5) is 14.5 Å². The molecule has 1 amide bonds. The second kappa shape index (κ2) is 10.4. The number of carbonyl (C=O) groups is 2. The van der Waals surface area contributed by atoms with Gasteiger partial charge in [0, 0.05) is 11.3 Å². The maximum Gasteiger partial charge on any atom is 0.233 e. The largest absolute Gasteiger partial charge is 0.388 e. The average Bonchev–Trinajstić information content (AvgIpc) is 2.93. The molecule has 0 saturated carbocycles. The van der Waals surface area contributed by atoms with Gasteiger partial charge >= 0.3 is 0 Å². The van der Waals surface area contributed by atoms with Gasteiger partial charge in [0.2, 0.25) is 5.91 Å². The van der Waals surface area contributed by atoms with Crippen LogP contribution in [0.5, 0.6) is 0 Å². The minimum atomic E-state index is -0.871. The minimum absolute atomic E-state index is 0.164. The number of hydrogen-bond acceptors (Lipinski definition) is 3. The number of benzene rings is 4. The Bertz CT molecular complexity index is 1410. The van der Waals surface area contributed by atoms with Gasteiger partial charge in [-0.15, -0.1) is 0 Å². The molecule has 0 aliphatic carbocycles. The maximum absolute atomic E-state index is 13.7. The highest BCUT2D eigenvalue weighted by Gasteiger charge is 2.50. The number of aliphatic hydroxyl groups is 1. The summed E-state index contributed by atoms with van der Waals surface area (Å²) in [5.74, 6) is -1.48. The standard InChI is InChI=1S/C31H25F2NO3/c32-23-11-9-21(10-12-23)28(36)18-17-27-30(34(31(27)37)25-15-13-24(33)14-16-25)29-22(19-35)7-4-8-26(29)20-5-2-1-3-6-20/h1-16,19,27-28,30,36H,17-18H2/t27-,28+,30+/m1/s1. The van der Waals surface area contributed by atoms with E-state index in [0.29, 0.717) is 28.8 Å². The fraction of sp³-hybridized carbons (Fsp3) is 0.161. The molecule has 1 saturated heterocycles. The molecule has 0 aromatic heterocycles. The van der Waals surface area contributed by atoms with Gasteiger partial charge in [-0.1, -0.05) is 60.7 Å². The van der Waals surface area contributed by atoms with E-state index in [1.807, 2.05) is 42.5 Å². The molecule has 1 aliphatic heterocycles. The number of aldehydes is 1. The van der Waals surface area contributed by atoms with Gasteiger partial charge in [-0.3, -0.25) is 9.59 Å². The summed E-state index contributed by atoms with van der Waals surface area (Å²) >= 11 is 0. The molecular weight excluding hydrogens is 472 g/mol. The Hall–Kier alpha value is -4.16. The summed E-state index contributed by atoms with van der Waals surface area (Å²) in [4.78, 5) is 27.3. The van der Waals surface area contributed by atoms with E-state index in [1.54, 1.807) is 23.1 Å². The Morgan fingerprint density at radius 1 is 0.838 bits per heavy atom. The van der Waals surface area contributed by atoms with Crippen molar-refractivity contribution in [3.05, 3.63) is 125 Å². The Kier molecular flexibility index (Phi) is 6.93. The molecular formula is C31H25F2NO3. The third-order valence-electron chi connectivity index (χ3n) is 6.97. The van der Waals surface area contributed by atoms with Crippen LogP contribution in [0.2, 0.25) is 0 Å². The molecule has 4 aromatic rings. The summed E-state index contributed by atoms with van der Waals surface area (Å²) in [6.45, 7) is 0. The second-order valence-electron chi connectivity index (χ2n) is 9.17. The lowest BCUT2D eigenvalue weighted by molar-refractivity contribution is -0.131. The van der Waals surface area contributed by atoms with Crippen molar-refractivity contribution in [1.29, 1.82) is 0 Å². The van der Waals surface area contributed by atoms with E-state index in [2.05, 4.69) is 0 Å². The zero-order chi connectivity index (χ0) is 25.9. The smallest absolute Gasteiger partial charge is 0.233 e. The molecule has 186 valence electrons. The molecule has 1 fully saturated rings. The lowest BCUT2D eigenvalue weighted by Crippen LogP contribution is -2.55. The Morgan fingerprint density at radius 3 is 2.14 bits per heavy atom. The fourth-order valence-corrected chi connectivity index (χ4v) is 5.12. The van der Waals surface area contributed by atoms with E-state index >= 15 is 0 Å². The van der Waals surface area contributed by atoms with E-state index in [4.69, 9.17) is 0 Å². The summed E-state index contributed by atoms with van der Waals surface area (Å²) in [7, 11) is 0. The highest BCUT2D eigenvalue weighted by Crippen LogP contribution is 2.49. The number of hydrogen-bond donors (Lipinski definition) is 1. The van der Waals surface area contributed by atoms with Crippen molar-refractivity contribution in [2.24, 2.45) is 5.92 Å². The second-order valence-corrected chi connectivity index (χ2v) is 9.17. The van der Waals surface area contributed by atoms with Gasteiger partial charge < -0.3 is 10.0 Å². The van der Waals surface area contributed by atoms with E-state index in [0.717, 1.165) is 17.4 Å². The van der Waals surface area contributed by atoms with Crippen LogP contribution in [0, 0.1) is 17.6 Å². The predicted molar refractivity (Wildman–Crippen MR) is 138 cm³/mol. The summed E-state index contributed by atoms with van der Waals surface area (Å²) < 4.78 is 27.0. The van der Waals surface area contributed by atoms with Crippen molar-refractivity contribution < 1.29 is 23.5 Å². The molecule has 3 atom stereocenters. The van der Waals surface area contributed by atoms with E-state index in [-0.39, 0.29) is 18.1 Å². The highest BCUT2D eigenvalue weighted by molar-refractivity contribution is 6.04. The van der Waals surface area contributed by atoms with Gasteiger partial charge in [0.05, 0.1) is 18.1 Å². The zero-order valence-corrected chi connectivity index (χ0v) is 19.9. The maximum atomic E-state index is 13.7. The first-order chi connectivity index (χ1) is 18.0. The van der Waals surface area contributed by atoms with Crippen LogP contribution >= 0.6 is 0 Å². The molecule has 0 spiro atoms. The van der Waals surface area contributed by atoms with Crippen molar-refractivity contribution >= 4 is 17.9 Å². The minimum Gasteiger partial charge on any atom is -0.388 e. The monoisotopic (exact) mass is 497 g/mol. The number of amides is 1. The molecule has 37 heavy (non-hydrogen) atoms. The van der Waals surface area contributed by atoms with Gasteiger partial charge in [-0.05, 0) is 71.5 Å². The average molecular weight is 498 g/mol. The molecule has 4 aromatic carbocycles. The lowest BCUT2D eigenvalue weighted by atomic mass is 9.74.